The van der Waals surface area contributed by atoms with Crippen LogP contribution < -0.4 is 26.6 Å². The Morgan fingerprint density at radius 1 is 0.772 bits per heavy atom. The predicted molar refractivity (Wildman–Crippen MR) is 286 cm³/mol. The molecule has 2 aliphatic carbocycles. The predicted octanol–water partition coefficient (Wildman–Crippen LogP) is 2.82. The quantitative estimate of drug-likeness (QED) is 0.0785. The van der Waals surface area contributed by atoms with Crippen molar-refractivity contribution in [3.8, 4) is 0 Å². The van der Waals surface area contributed by atoms with Crippen LogP contribution in [0.5, 0.6) is 0 Å². The molecule has 0 aromatic heterocycles. The highest BCUT2D eigenvalue weighted by atomic mass is 16.7. The minimum absolute atomic E-state index is 0.0433. The molecule has 0 radical (unpaired) electrons. The van der Waals surface area contributed by atoms with E-state index in [0.717, 1.165) is 17.7 Å². The molecule has 25 nitrogen and oxygen atoms in total. The number of nitrogens with zero attached hydrogens (tertiary/aromatic N) is 2. The first-order chi connectivity index (χ1) is 36.0. The molecule has 454 valence electrons. The lowest BCUT2D eigenvalue weighted by Gasteiger charge is -2.52. The Morgan fingerprint density at radius 2 is 1.37 bits per heavy atom. The Balaban J connectivity index is 1.55. The monoisotopic (exact) mass is 1130 g/mol. The number of aliphatic hydroxyl groups excluding tert-OH is 3. The van der Waals surface area contributed by atoms with E-state index in [-0.39, 0.29) is 37.8 Å². The number of carbonyl (C=O) groups excluding carboxylic acids is 5. The van der Waals surface area contributed by atoms with Gasteiger partial charge in [0.05, 0.1) is 49.5 Å². The summed E-state index contributed by atoms with van der Waals surface area (Å²) in [5.41, 5.74) is -8.63. The van der Waals surface area contributed by atoms with Crippen molar-refractivity contribution in [1.82, 2.24) is 36.4 Å². The Bertz CT molecular complexity index is 2160. The van der Waals surface area contributed by atoms with Gasteiger partial charge in [-0.3, -0.25) is 10.1 Å². The van der Waals surface area contributed by atoms with E-state index in [2.05, 4.69) is 26.6 Å². The van der Waals surface area contributed by atoms with Crippen LogP contribution in [-0.2, 0) is 42.7 Å². The molecule has 2 saturated heterocycles. The molecule has 4 fully saturated rings. The van der Waals surface area contributed by atoms with Gasteiger partial charge in [-0.2, -0.15) is 0 Å². The molecule has 2 saturated carbocycles. The first kappa shape index (κ1) is 65.5. The molecule has 5 amide bonds. The van der Waals surface area contributed by atoms with E-state index in [9.17, 15) is 49.5 Å². The van der Waals surface area contributed by atoms with Gasteiger partial charge in [0.15, 0.2) is 11.9 Å². The molecular formula is C54H95N7O18. The summed E-state index contributed by atoms with van der Waals surface area (Å²) in [6, 6.07) is -4.79. The number of hydrogen-bond donors (Lipinski definition) is 10. The van der Waals surface area contributed by atoms with Crippen molar-refractivity contribution < 1.29 is 87.4 Å². The van der Waals surface area contributed by atoms with Gasteiger partial charge in [-0.25, -0.2) is 19.2 Å². The van der Waals surface area contributed by atoms with Crippen molar-refractivity contribution in [2.75, 3.05) is 46.4 Å². The first-order valence-electron chi connectivity index (χ1n) is 27.5. The standard InChI is InChI=1S/C54H95N7O18/c1-47(2,3)75-42(65)56-27-53(20-21-53)26-55-25-30-18-19-31(58-43(66)76-48(4,5)6)37(73-30)34-32(59-44(67)77-49(7,8)9)24-33(57-41(64)54(71)22-23-61(28-54)46(69)79-51(13,14)15)38(35(34)62)74-40-36(63)39(52(16,70)29-72-40)60(17)45(68)78-50(10,11)12/h18,31-40,43,55,58,62-63,66,70-71H,19-29H2,1-17H3,(H,56,65)(H,57,64)(H,59,67)/t31-,32+,33-,34?,35+,36-,37+,38+,39-,40-,43?,52+,54?/m1/s1. The fourth-order valence-corrected chi connectivity index (χ4v) is 10.2. The summed E-state index contributed by atoms with van der Waals surface area (Å²) in [6.07, 6.45) is -9.51. The minimum Gasteiger partial charge on any atom is -0.492 e. The Kier molecular flexibility index (Phi) is 20.4. The van der Waals surface area contributed by atoms with E-state index >= 15 is 0 Å². The second kappa shape index (κ2) is 24.6. The summed E-state index contributed by atoms with van der Waals surface area (Å²) in [4.78, 5) is 69.9. The van der Waals surface area contributed by atoms with Crippen molar-refractivity contribution in [3.63, 3.8) is 0 Å². The van der Waals surface area contributed by atoms with Gasteiger partial charge in [-0.05, 0) is 143 Å². The van der Waals surface area contributed by atoms with Crippen LogP contribution in [0.25, 0.3) is 0 Å². The lowest BCUT2D eigenvalue weighted by molar-refractivity contribution is -0.306. The molecule has 0 bridgehead atoms. The normalized spacial score (nSPS) is 31.6. The maximum atomic E-state index is 14.6. The van der Waals surface area contributed by atoms with Crippen LogP contribution in [0.3, 0.4) is 0 Å². The van der Waals surface area contributed by atoms with E-state index in [1.165, 1.54) is 18.9 Å². The molecule has 3 unspecified atom stereocenters. The summed E-state index contributed by atoms with van der Waals surface area (Å²) in [5, 5.41) is 75.4. The number of rotatable bonds is 16. The van der Waals surface area contributed by atoms with E-state index in [1.807, 2.05) is 6.08 Å². The number of aliphatic hydroxyl groups is 5. The summed E-state index contributed by atoms with van der Waals surface area (Å²) >= 11 is 0. The fourth-order valence-electron chi connectivity index (χ4n) is 10.2. The van der Waals surface area contributed by atoms with Gasteiger partial charge in [-0.1, -0.05) is 0 Å². The largest absolute Gasteiger partial charge is 0.492 e. The average Bonchev–Trinajstić information content (AvgIpc) is 3.91. The third-order valence-corrected chi connectivity index (χ3v) is 13.9. The molecule has 79 heavy (non-hydrogen) atoms. The van der Waals surface area contributed by atoms with Crippen LogP contribution in [0.2, 0.25) is 0 Å². The van der Waals surface area contributed by atoms with E-state index < -0.39 is 150 Å². The smallest absolute Gasteiger partial charge is 0.410 e. The second-order valence-corrected chi connectivity index (χ2v) is 27.3. The highest BCUT2D eigenvalue weighted by Gasteiger charge is 2.58. The minimum atomic E-state index is -2.18. The number of hydrogen-bond acceptors (Lipinski definition) is 20. The molecule has 3 aliphatic heterocycles. The number of alkyl carbamates (subject to hydrolysis) is 2. The number of ether oxygens (including phenoxy) is 8. The van der Waals surface area contributed by atoms with Crippen molar-refractivity contribution in [2.24, 2.45) is 11.3 Å². The van der Waals surface area contributed by atoms with Gasteiger partial charge >= 0.3 is 24.4 Å². The van der Waals surface area contributed by atoms with Crippen molar-refractivity contribution >= 4 is 30.3 Å². The van der Waals surface area contributed by atoms with E-state index in [4.69, 9.17) is 37.9 Å². The topological polar surface area (TPSA) is 327 Å². The van der Waals surface area contributed by atoms with Gasteiger partial charge in [0.1, 0.15) is 52.1 Å². The SMILES string of the molecule is CN(C(=O)OC(C)(C)C)[C@@H]1[C@@H](O)[C@@H](O[C@H]2[C@H](NC(=O)C3(O)CCN(C(=O)OC(C)(C)C)C3)C[C@H](NC(=O)OC(C)(C)C)C([C@H]3OC(CNCC4(CNC(=O)OC(C)(C)C)CC4)=CC[C@H]3NC(O)OC(C)(C)C)[C@@H]2O)OC[C@]1(C)O. The lowest BCUT2D eigenvalue weighted by Crippen LogP contribution is -2.71. The van der Waals surface area contributed by atoms with Gasteiger partial charge in [-0.15, -0.1) is 0 Å². The number of carbonyl (C=O) groups is 5. The first-order valence-corrected chi connectivity index (χ1v) is 27.5. The summed E-state index contributed by atoms with van der Waals surface area (Å²) in [5.74, 6) is -1.76. The fraction of sp³-hybridized carbons (Fsp3) is 0.870. The number of likely N-dealkylation sites (N-methyl/N-ethyl adjacent to an activating group) is 1. The van der Waals surface area contributed by atoms with Crippen molar-refractivity contribution in [2.45, 2.75) is 243 Å². The number of amides is 5. The Labute approximate surface area is 465 Å². The maximum Gasteiger partial charge on any atom is 0.410 e. The Morgan fingerprint density at radius 3 is 1.94 bits per heavy atom. The molecule has 5 rings (SSSR count). The molecule has 10 N–H and O–H groups in total. The number of likely N-dealkylation sites (tertiary alicyclic amines) is 1. The second-order valence-electron chi connectivity index (χ2n) is 27.3. The third kappa shape index (κ3) is 19.1. The average molecular weight is 1130 g/mol. The molecule has 0 aromatic carbocycles. The van der Waals surface area contributed by atoms with Gasteiger partial charge in [0, 0.05) is 50.5 Å². The van der Waals surface area contributed by atoms with E-state index in [1.54, 1.807) is 104 Å². The summed E-state index contributed by atoms with van der Waals surface area (Å²) < 4.78 is 47.6. The molecular weight excluding hydrogens is 1030 g/mol. The zero-order valence-corrected chi connectivity index (χ0v) is 49.6. The lowest BCUT2D eigenvalue weighted by atomic mass is 9.72. The summed E-state index contributed by atoms with van der Waals surface area (Å²) in [7, 11) is 1.33. The van der Waals surface area contributed by atoms with Crippen LogP contribution in [0.4, 0.5) is 19.2 Å². The van der Waals surface area contributed by atoms with Crippen LogP contribution in [0.15, 0.2) is 11.8 Å². The number of β-amino-alcohol motifs (C(OH)–C–C–N with tert-alkyl or cyclic N) is 1. The molecule has 3 heterocycles. The van der Waals surface area contributed by atoms with Gasteiger partial charge in [0.25, 0.3) is 5.91 Å². The molecule has 0 aromatic rings. The molecule has 25 heteroatoms. The van der Waals surface area contributed by atoms with Gasteiger partial charge < -0.3 is 94.5 Å². The molecule has 0 spiro atoms. The molecule has 13 atom stereocenters. The highest BCUT2D eigenvalue weighted by molar-refractivity contribution is 5.87. The summed E-state index contributed by atoms with van der Waals surface area (Å²) in [6.45, 7) is 27.0. The third-order valence-electron chi connectivity index (χ3n) is 13.9. The number of nitrogens with one attached hydrogen (secondary N) is 5. The van der Waals surface area contributed by atoms with Crippen LogP contribution >= 0.6 is 0 Å². The zero-order chi connectivity index (χ0) is 59.6. The van der Waals surface area contributed by atoms with E-state index in [0.29, 0.717) is 18.8 Å². The zero-order valence-electron chi connectivity index (χ0n) is 49.6. The van der Waals surface area contributed by atoms with Crippen LogP contribution in [0, 0.1) is 11.3 Å². The van der Waals surface area contributed by atoms with Crippen LogP contribution in [-0.4, -0.2) is 212 Å². The van der Waals surface area contributed by atoms with Gasteiger partial charge in [0.2, 0.25) is 6.41 Å². The highest BCUT2D eigenvalue weighted by Crippen LogP contribution is 2.45. The van der Waals surface area contributed by atoms with Crippen molar-refractivity contribution in [1.29, 1.82) is 0 Å². The molecule has 5 aliphatic rings. The Hall–Kier alpha value is -4.31. The maximum absolute atomic E-state index is 14.6. The van der Waals surface area contributed by atoms with Crippen molar-refractivity contribution in [3.05, 3.63) is 11.8 Å². The van der Waals surface area contributed by atoms with Crippen LogP contribution in [0.1, 0.15) is 143 Å².